The third-order valence-corrected chi connectivity index (χ3v) is 3.91. The Kier molecular flexibility index (Phi) is 4.70. The van der Waals surface area contributed by atoms with Gasteiger partial charge in [-0.25, -0.2) is 0 Å². The van der Waals surface area contributed by atoms with Crippen molar-refractivity contribution in [3.63, 3.8) is 0 Å². The molecule has 0 saturated carbocycles. The van der Waals surface area contributed by atoms with Gasteiger partial charge in [-0.15, -0.1) is 0 Å². The third kappa shape index (κ3) is 3.41. The zero-order valence-electron chi connectivity index (χ0n) is 12.6. The van der Waals surface area contributed by atoms with Gasteiger partial charge >= 0.3 is 0 Å². The first-order valence-corrected chi connectivity index (χ1v) is 7.24. The van der Waals surface area contributed by atoms with E-state index < -0.39 is 0 Å². The van der Waals surface area contributed by atoms with Crippen LogP contribution < -0.4 is 15.0 Å². The number of rotatable bonds is 3. The summed E-state index contributed by atoms with van der Waals surface area (Å²) in [4.78, 5) is 2.47. The molecule has 1 N–H and O–H groups in total. The van der Waals surface area contributed by atoms with E-state index in [-0.39, 0.29) is 0 Å². The highest BCUT2D eigenvalue weighted by atomic mass is 16.5. The molecule has 0 amide bonds. The fourth-order valence-electron chi connectivity index (χ4n) is 2.66. The number of anilines is 1. The van der Waals surface area contributed by atoms with E-state index in [2.05, 4.69) is 49.2 Å². The molecule has 1 atom stereocenters. The van der Waals surface area contributed by atoms with Crippen molar-refractivity contribution in [1.29, 1.82) is 0 Å². The summed E-state index contributed by atoms with van der Waals surface area (Å²) < 4.78 is 5.53. The molecular formula is C16H26N2O. The molecule has 1 saturated heterocycles. The molecule has 0 radical (unpaired) electrons. The first kappa shape index (κ1) is 14.2. The van der Waals surface area contributed by atoms with Crippen molar-refractivity contribution >= 4 is 5.69 Å². The van der Waals surface area contributed by atoms with E-state index in [0.717, 1.165) is 25.4 Å². The predicted molar refractivity (Wildman–Crippen MR) is 81.2 cm³/mol. The number of hydrogen-bond acceptors (Lipinski definition) is 3. The maximum Gasteiger partial charge on any atom is 0.142 e. The van der Waals surface area contributed by atoms with Crippen LogP contribution in [0.15, 0.2) is 18.2 Å². The van der Waals surface area contributed by atoms with Crippen molar-refractivity contribution in [2.45, 2.75) is 33.2 Å². The van der Waals surface area contributed by atoms with Crippen LogP contribution in [-0.2, 0) is 0 Å². The number of hydrogen-bond donors (Lipinski definition) is 1. The molecule has 3 nitrogen and oxygen atoms in total. The van der Waals surface area contributed by atoms with Crippen molar-refractivity contribution in [3.05, 3.63) is 23.8 Å². The van der Waals surface area contributed by atoms with Crippen LogP contribution in [0.2, 0.25) is 0 Å². The van der Waals surface area contributed by atoms with Gasteiger partial charge in [-0.2, -0.15) is 0 Å². The van der Waals surface area contributed by atoms with E-state index in [0.29, 0.717) is 12.0 Å². The second-order valence-electron chi connectivity index (χ2n) is 5.78. The Morgan fingerprint density at radius 1 is 1.37 bits per heavy atom. The summed E-state index contributed by atoms with van der Waals surface area (Å²) in [5.41, 5.74) is 2.52. The zero-order chi connectivity index (χ0) is 13.8. The number of ether oxygens (including phenoxy) is 1. The molecule has 1 aliphatic heterocycles. The molecule has 0 spiro atoms. The maximum atomic E-state index is 5.53. The molecule has 106 valence electrons. The Balaban J connectivity index is 2.25. The summed E-state index contributed by atoms with van der Waals surface area (Å²) in [6.45, 7) is 9.96. The highest BCUT2D eigenvalue weighted by molar-refractivity contribution is 5.60. The molecule has 1 fully saturated rings. The Morgan fingerprint density at radius 3 is 2.84 bits per heavy atom. The fourth-order valence-corrected chi connectivity index (χ4v) is 2.66. The van der Waals surface area contributed by atoms with Crippen molar-refractivity contribution < 1.29 is 4.74 Å². The van der Waals surface area contributed by atoms with Gasteiger partial charge in [0.15, 0.2) is 0 Å². The molecule has 0 aliphatic carbocycles. The minimum atomic E-state index is 0.549. The quantitative estimate of drug-likeness (QED) is 0.906. The van der Waals surface area contributed by atoms with Gasteiger partial charge in [0.25, 0.3) is 0 Å². The van der Waals surface area contributed by atoms with Crippen LogP contribution in [0.1, 0.15) is 25.8 Å². The Bertz CT molecular complexity index is 417. The van der Waals surface area contributed by atoms with Gasteiger partial charge in [0, 0.05) is 19.1 Å². The van der Waals surface area contributed by atoms with Crippen LogP contribution in [0.4, 0.5) is 5.69 Å². The predicted octanol–water partition coefficient (Wildman–Crippen LogP) is 2.83. The molecule has 1 aliphatic rings. The summed E-state index contributed by atoms with van der Waals surface area (Å²) in [7, 11) is 1.75. The van der Waals surface area contributed by atoms with Gasteiger partial charge in [0.2, 0.25) is 0 Å². The van der Waals surface area contributed by atoms with Gasteiger partial charge < -0.3 is 15.0 Å². The van der Waals surface area contributed by atoms with Gasteiger partial charge in [0.05, 0.1) is 12.8 Å². The normalized spacial score (nSPS) is 20.5. The SMILES string of the molecule is COc1ccc(C)cc1N1CCCNC(C(C)C)C1. The topological polar surface area (TPSA) is 24.5 Å². The molecule has 1 unspecified atom stereocenters. The van der Waals surface area contributed by atoms with Crippen LogP contribution in [0, 0.1) is 12.8 Å². The van der Waals surface area contributed by atoms with Crippen molar-refractivity contribution in [2.75, 3.05) is 31.6 Å². The van der Waals surface area contributed by atoms with Crippen molar-refractivity contribution in [2.24, 2.45) is 5.92 Å². The number of methoxy groups -OCH3 is 1. The van der Waals surface area contributed by atoms with Crippen LogP contribution in [0.5, 0.6) is 5.75 Å². The molecule has 0 aromatic heterocycles. The number of aryl methyl sites for hydroxylation is 1. The van der Waals surface area contributed by atoms with Crippen LogP contribution in [0.25, 0.3) is 0 Å². The fraction of sp³-hybridized carbons (Fsp3) is 0.625. The largest absolute Gasteiger partial charge is 0.495 e. The first-order valence-electron chi connectivity index (χ1n) is 7.24. The average molecular weight is 262 g/mol. The van der Waals surface area contributed by atoms with Gasteiger partial charge in [-0.05, 0) is 43.5 Å². The second kappa shape index (κ2) is 6.29. The molecule has 3 heteroatoms. The van der Waals surface area contributed by atoms with E-state index in [1.165, 1.54) is 17.7 Å². The number of nitrogens with zero attached hydrogens (tertiary/aromatic N) is 1. The lowest BCUT2D eigenvalue weighted by molar-refractivity contribution is 0.406. The summed E-state index contributed by atoms with van der Waals surface area (Å²) in [6, 6.07) is 6.97. The Hall–Kier alpha value is -1.22. The minimum absolute atomic E-state index is 0.549. The van der Waals surface area contributed by atoms with Gasteiger partial charge in [0.1, 0.15) is 5.75 Å². The average Bonchev–Trinajstić information content (AvgIpc) is 2.64. The molecule has 1 heterocycles. The van der Waals surface area contributed by atoms with E-state index in [1.54, 1.807) is 7.11 Å². The molecule has 1 aromatic rings. The smallest absolute Gasteiger partial charge is 0.142 e. The third-order valence-electron chi connectivity index (χ3n) is 3.91. The standard InChI is InChI=1S/C16H26N2O/c1-12(2)14-11-18(9-5-8-17-14)15-10-13(3)6-7-16(15)19-4/h6-7,10,12,14,17H,5,8-9,11H2,1-4H3. The lowest BCUT2D eigenvalue weighted by Crippen LogP contribution is -2.41. The lowest BCUT2D eigenvalue weighted by Gasteiger charge is -2.29. The zero-order valence-corrected chi connectivity index (χ0v) is 12.6. The molecule has 0 bridgehead atoms. The van der Waals surface area contributed by atoms with Gasteiger partial charge in [-0.1, -0.05) is 19.9 Å². The summed E-state index contributed by atoms with van der Waals surface area (Å²) in [5.74, 6) is 1.63. The minimum Gasteiger partial charge on any atom is -0.495 e. The van der Waals surface area contributed by atoms with E-state index in [1.807, 2.05) is 0 Å². The van der Waals surface area contributed by atoms with Crippen molar-refractivity contribution in [1.82, 2.24) is 5.32 Å². The Labute approximate surface area is 116 Å². The van der Waals surface area contributed by atoms with E-state index >= 15 is 0 Å². The maximum absolute atomic E-state index is 5.53. The second-order valence-corrected chi connectivity index (χ2v) is 5.78. The van der Waals surface area contributed by atoms with Gasteiger partial charge in [-0.3, -0.25) is 0 Å². The highest BCUT2D eigenvalue weighted by Crippen LogP contribution is 2.30. The monoisotopic (exact) mass is 262 g/mol. The number of benzene rings is 1. The first-order chi connectivity index (χ1) is 9.11. The van der Waals surface area contributed by atoms with E-state index in [4.69, 9.17) is 4.74 Å². The van der Waals surface area contributed by atoms with Crippen LogP contribution in [0.3, 0.4) is 0 Å². The lowest BCUT2D eigenvalue weighted by atomic mass is 10.0. The summed E-state index contributed by atoms with van der Waals surface area (Å²) in [6.07, 6.45) is 1.18. The molecule has 2 rings (SSSR count). The highest BCUT2D eigenvalue weighted by Gasteiger charge is 2.22. The van der Waals surface area contributed by atoms with Crippen LogP contribution in [-0.4, -0.2) is 32.8 Å². The Morgan fingerprint density at radius 2 is 2.16 bits per heavy atom. The number of nitrogens with one attached hydrogen (secondary N) is 1. The van der Waals surface area contributed by atoms with E-state index in [9.17, 15) is 0 Å². The molecule has 1 aromatic carbocycles. The van der Waals surface area contributed by atoms with Crippen molar-refractivity contribution in [3.8, 4) is 5.75 Å². The molecule has 19 heavy (non-hydrogen) atoms. The van der Waals surface area contributed by atoms with Crippen LogP contribution >= 0.6 is 0 Å². The summed E-state index contributed by atoms with van der Waals surface area (Å²) in [5, 5.41) is 3.65. The molecular weight excluding hydrogens is 236 g/mol. The summed E-state index contributed by atoms with van der Waals surface area (Å²) >= 11 is 0.